The molecule has 6 heteroatoms. The molecule has 3 unspecified atom stereocenters. The lowest BCUT2D eigenvalue weighted by molar-refractivity contribution is 0.0769. The van der Waals surface area contributed by atoms with E-state index in [-0.39, 0.29) is 11.9 Å². The second-order valence-corrected chi connectivity index (χ2v) is 9.07. The van der Waals surface area contributed by atoms with Gasteiger partial charge in [-0.15, -0.1) is 0 Å². The number of hydrogen-bond donors (Lipinski definition) is 2. The van der Waals surface area contributed by atoms with Crippen LogP contribution < -0.4 is 5.32 Å². The summed E-state index contributed by atoms with van der Waals surface area (Å²) in [4.78, 5) is 19.0. The van der Waals surface area contributed by atoms with Crippen LogP contribution in [-0.2, 0) is 0 Å². The maximum atomic E-state index is 13.3. The molecule has 152 valence electrons. The number of nitrogens with one attached hydrogen (secondary N) is 2. The number of benzene rings is 1. The molecule has 2 N–H and O–H groups in total. The lowest BCUT2D eigenvalue weighted by Gasteiger charge is -2.42. The van der Waals surface area contributed by atoms with Crippen molar-refractivity contribution in [2.75, 3.05) is 20.1 Å². The third-order valence-electron chi connectivity index (χ3n) is 6.70. The summed E-state index contributed by atoms with van der Waals surface area (Å²) in [6, 6.07) is 7.77. The van der Waals surface area contributed by atoms with Gasteiger partial charge in [-0.05, 0) is 75.4 Å². The zero-order valence-corrected chi connectivity index (χ0v) is 17.3. The molecule has 1 amide bonds. The molecule has 0 spiro atoms. The topological polar surface area (TPSA) is 61.3 Å². The highest BCUT2D eigenvalue weighted by atomic mass is 35.5. The van der Waals surface area contributed by atoms with Crippen molar-refractivity contribution in [3.05, 3.63) is 47.5 Å². The number of fused-ring (bicyclic) bond motifs is 2. The van der Waals surface area contributed by atoms with Crippen LogP contribution in [0.25, 0.3) is 22.0 Å². The Morgan fingerprint density at radius 3 is 2.97 bits per heavy atom. The Bertz CT molecular complexity index is 1030. The highest BCUT2D eigenvalue weighted by Crippen LogP contribution is 2.37. The largest absolute Gasteiger partial charge is 0.472 e. The number of halogens is 1. The van der Waals surface area contributed by atoms with Gasteiger partial charge < -0.3 is 19.6 Å². The number of carbonyl (C=O) groups is 1. The van der Waals surface area contributed by atoms with Crippen molar-refractivity contribution < 1.29 is 9.21 Å². The zero-order chi connectivity index (χ0) is 20.0. The average molecular weight is 412 g/mol. The molecule has 3 heterocycles. The number of amides is 1. The predicted molar refractivity (Wildman–Crippen MR) is 115 cm³/mol. The first-order chi connectivity index (χ1) is 14.1. The van der Waals surface area contributed by atoms with Crippen LogP contribution in [0.4, 0.5) is 0 Å². The van der Waals surface area contributed by atoms with E-state index < -0.39 is 0 Å². The Morgan fingerprint density at radius 2 is 2.14 bits per heavy atom. The van der Waals surface area contributed by atoms with Crippen molar-refractivity contribution in [2.24, 2.45) is 11.8 Å². The van der Waals surface area contributed by atoms with Crippen LogP contribution >= 0.6 is 11.6 Å². The fourth-order valence-corrected chi connectivity index (χ4v) is 5.40. The van der Waals surface area contributed by atoms with Crippen LogP contribution in [0.1, 0.15) is 36.2 Å². The number of aromatic amines is 1. The number of carbonyl (C=O) groups excluding carboxylic acids is 1. The van der Waals surface area contributed by atoms with Crippen molar-refractivity contribution in [1.82, 2.24) is 15.2 Å². The van der Waals surface area contributed by atoms with E-state index in [0.717, 1.165) is 53.3 Å². The van der Waals surface area contributed by atoms with E-state index in [1.54, 1.807) is 12.5 Å². The van der Waals surface area contributed by atoms with E-state index in [9.17, 15) is 4.79 Å². The van der Waals surface area contributed by atoms with E-state index in [4.69, 9.17) is 16.0 Å². The molecule has 3 aromatic rings. The maximum Gasteiger partial charge on any atom is 0.268 e. The minimum atomic E-state index is -0.0510. The van der Waals surface area contributed by atoms with Crippen molar-refractivity contribution in [2.45, 2.75) is 31.7 Å². The van der Waals surface area contributed by atoms with Gasteiger partial charge in [-0.2, -0.15) is 0 Å². The summed E-state index contributed by atoms with van der Waals surface area (Å²) in [5.41, 5.74) is 3.20. The van der Waals surface area contributed by atoms with E-state index in [1.165, 1.54) is 19.4 Å². The molecule has 1 aliphatic carbocycles. The number of piperidine rings is 1. The van der Waals surface area contributed by atoms with Crippen LogP contribution in [0.2, 0.25) is 5.02 Å². The molecule has 5 nitrogen and oxygen atoms in total. The van der Waals surface area contributed by atoms with Gasteiger partial charge in [-0.3, -0.25) is 4.79 Å². The average Bonchev–Trinajstić information content (AvgIpc) is 3.35. The Labute approximate surface area is 175 Å². The summed E-state index contributed by atoms with van der Waals surface area (Å²) >= 11 is 6.23. The minimum absolute atomic E-state index is 0.0510. The molecule has 1 aromatic carbocycles. The van der Waals surface area contributed by atoms with Crippen LogP contribution in [0.3, 0.4) is 0 Å². The lowest BCUT2D eigenvalue weighted by Crippen LogP contribution is -2.46. The van der Waals surface area contributed by atoms with Gasteiger partial charge in [0.05, 0.1) is 12.5 Å². The van der Waals surface area contributed by atoms with Gasteiger partial charge in [0, 0.05) is 39.6 Å². The molecule has 2 fully saturated rings. The van der Waals surface area contributed by atoms with Crippen molar-refractivity contribution in [3.63, 3.8) is 0 Å². The molecule has 3 atom stereocenters. The van der Waals surface area contributed by atoms with Crippen molar-refractivity contribution in [3.8, 4) is 11.1 Å². The molecule has 0 bridgehead atoms. The molecular weight excluding hydrogens is 386 g/mol. The van der Waals surface area contributed by atoms with Gasteiger partial charge in [0.2, 0.25) is 0 Å². The second-order valence-electron chi connectivity index (χ2n) is 8.63. The summed E-state index contributed by atoms with van der Waals surface area (Å²) < 4.78 is 5.29. The Morgan fingerprint density at radius 1 is 1.24 bits per heavy atom. The molecule has 1 aliphatic heterocycles. The van der Waals surface area contributed by atoms with Crippen LogP contribution in [0.15, 0.2) is 41.2 Å². The highest BCUT2D eigenvalue weighted by Gasteiger charge is 2.35. The molecule has 1 saturated carbocycles. The third-order valence-corrected chi connectivity index (χ3v) is 6.94. The number of rotatable bonds is 3. The fraction of sp³-hybridized carbons (Fsp3) is 0.435. The lowest BCUT2D eigenvalue weighted by atomic mass is 9.73. The van der Waals surface area contributed by atoms with E-state index in [0.29, 0.717) is 10.7 Å². The molecule has 5 rings (SSSR count). The standard InChI is InChI=1S/C23H26ClN3O2/c1-27-8-6-14-10-18(4-2-15(14)12-27)25-23(28)22-21(16-7-9-29-13-16)19-11-17(24)3-5-20(19)26-22/h3,5,7,9,11,13-15,18,26H,2,4,6,8,10,12H2,1H3,(H,25,28). The summed E-state index contributed by atoms with van der Waals surface area (Å²) in [6.45, 7) is 2.36. The SMILES string of the molecule is CN1CCC2CC(NC(=O)c3[nH]c4ccc(Cl)cc4c3-c3ccoc3)CCC2C1. The van der Waals surface area contributed by atoms with E-state index >= 15 is 0 Å². The number of likely N-dealkylation sites (tertiary alicyclic amines) is 1. The maximum absolute atomic E-state index is 13.3. The van der Waals surface area contributed by atoms with Gasteiger partial charge in [-0.1, -0.05) is 11.6 Å². The van der Waals surface area contributed by atoms with Gasteiger partial charge >= 0.3 is 0 Å². The number of nitrogens with zero attached hydrogens (tertiary/aromatic N) is 1. The van der Waals surface area contributed by atoms with Gasteiger partial charge in [0.15, 0.2) is 0 Å². The number of H-pyrrole nitrogens is 1. The minimum Gasteiger partial charge on any atom is -0.472 e. The van der Waals surface area contributed by atoms with Crippen molar-refractivity contribution in [1.29, 1.82) is 0 Å². The Kier molecular flexibility index (Phi) is 4.88. The predicted octanol–water partition coefficient (Wildman–Crippen LogP) is 4.93. The Balaban J connectivity index is 1.41. The van der Waals surface area contributed by atoms with Crippen LogP contribution in [0, 0.1) is 11.8 Å². The smallest absolute Gasteiger partial charge is 0.268 e. The summed E-state index contributed by atoms with van der Waals surface area (Å²) in [6.07, 6.45) is 7.85. The summed E-state index contributed by atoms with van der Waals surface area (Å²) in [7, 11) is 2.21. The first kappa shape index (κ1) is 18.8. The van der Waals surface area contributed by atoms with E-state index in [2.05, 4.69) is 22.2 Å². The highest BCUT2D eigenvalue weighted by molar-refractivity contribution is 6.31. The van der Waals surface area contributed by atoms with Gasteiger partial charge in [0.25, 0.3) is 5.91 Å². The first-order valence-electron chi connectivity index (χ1n) is 10.4. The van der Waals surface area contributed by atoms with E-state index in [1.807, 2.05) is 24.3 Å². The first-order valence-corrected chi connectivity index (χ1v) is 10.8. The zero-order valence-electron chi connectivity index (χ0n) is 16.6. The fourth-order valence-electron chi connectivity index (χ4n) is 5.23. The van der Waals surface area contributed by atoms with Crippen molar-refractivity contribution >= 4 is 28.4 Å². The second kappa shape index (κ2) is 7.54. The molecule has 2 aromatic heterocycles. The molecule has 2 aliphatic rings. The van der Waals surface area contributed by atoms with Crippen LogP contribution in [-0.4, -0.2) is 42.0 Å². The monoisotopic (exact) mass is 411 g/mol. The normalized spacial score (nSPS) is 25.1. The number of hydrogen-bond acceptors (Lipinski definition) is 3. The Hall–Kier alpha value is -2.24. The third kappa shape index (κ3) is 3.58. The molecule has 0 radical (unpaired) electrons. The van der Waals surface area contributed by atoms with Crippen LogP contribution in [0.5, 0.6) is 0 Å². The van der Waals surface area contributed by atoms with Gasteiger partial charge in [-0.25, -0.2) is 0 Å². The quantitative estimate of drug-likeness (QED) is 0.642. The molecule has 1 saturated heterocycles. The number of furan rings is 1. The van der Waals surface area contributed by atoms with Gasteiger partial charge in [0.1, 0.15) is 5.69 Å². The summed E-state index contributed by atoms with van der Waals surface area (Å²) in [5, 5.41) is 4.89. The number of aromatic nitrogens is 1. The summed E-state index contributed by atoms with van der Waals surface area (Å²) in [5.74, 6) is 1.45. The molecule has 29 heavy (non-hydrogen) atoms. The molecular formula is C23H26ClN3O2.